The van der Waals surface area contributed by atoms with Crippen molar-refractivity contribution in [3.63, 3.8) is 0 Å². The Morgan fingerprint density at radius 2 is 2.24 bits per heavy atom. The zero-order valence-corrected chi connectivity index (χ0v) is 10.9. The van der Waals surface area contributed by atoms with Crippen LogP contribution in [0.4, 0.5) is 0 Å². The summed E-state index contributed by atoms with van der Waals surface area (Å²) < 4.78 is 5.38. The number of benzene rings is 1. The number of aromatic nitrogens is 2. The average Bonchev–Trinajstić information content (AvgIpc) is 2.86. The van der Waals surface area contributed by atoms with Crippen LogP contribution in [0.15, 0.2) is 24.4 Å². The van der Waals surface area contributed by atoms with Gasteiger partial charge in [0, 0.05) is 11.3 Å². The fourth-order valence-electron chi connectivity index (χ4n) is 1.77. The van der Waals surface area contributed by atoms with Crippen LogP contribution >= 0.6 is 12.6 Å². The summed E-state index contributed by atoms with van der Waals surface area (Å²) in [6.45, 7) is 2.14. The number of nitrogens with zero attached hydrogens (tertiary/aromatic N) is 1. The van der Waals surface area contributed by atoms with Gasteiger partial charge >= 0.3 is 0 Å². The van der Waals surface area contributed by atoms with Crippen LogP contribution in [0, 0.1) is 0 Å². The minimum absolute atomic E-state index is 0.607. The fraction of sp³-hybridized carbons (Fsp3) is 0.308. The number of aryl methyl sites for hydroxylation is 1. The summed E-state index contributed by atoms with van der Waals surface area (Å²) in [4.78, 5) is 7.49. The minimum Gasteiger partial charge on any atom is -0.496 e. The molecule has 0 radical (unpaired) electrons. The van der Waals surface area contributed by atoms with Crippen molar-refractivity contribution in [2.45, 2.75) is 19.1 Å². The summed E-state index contributed by atoms with van der Waals surface area (Å²) in [7, 11) is 1.68. The number of H-pyrrole nitrogens is 1. The largest absolute Gasteiger partial charge is 0.496 e. The van der Waals surface area contributed by atoms with Crippen LogP contribution in [0.2, 0.25) is 0 Å². The fourth-order valence-corrected chi connectivity index (χ4v) is 1.93. The number of aromatic amines is 1. The number of ether oxygens (including phenoxy) is 1. The third-order valence-corrected chi connectivity index (χ3v) is 3.04. The van der Waals surface area contributed by atoms with E-state index < -0.39 is 0 Å². The van der Waals surface area contributed by atoms with Crippen molar-refractivity contribution in [1.82, 2.24) is 9.97 Å². The van der Waals surface area contributed by atoms with Crippen LogP contribution in [-0.4, -0.2) is 17.1 Å². The topological polar surface area (TPSA) is 37.9 Å². The molecule has 90 valence electrons. The Labute approximate surface area is 107 Å². The lowest BCUT2D eigenvalue weighted by atomic mass is 10.1. The molecule has 2 rings (SSSR count). The Bertz CT molecular complexity index is 508. The maximum atomic E-state index is 5.38. The molecular formula is C13H16N2OS. The van der Waals surface area contributed by atoms with E-state index in [-0.39, 0.29) is 0 Å². The molecule has 1 aromatic carbocycles. The van der Waals surface area contributed by atoms with Gasteiger partial charge < -0.3 is 9.72 Å². The molecular weight excluding hydrogens is 232 g/mol. The Hall–Kier alpha value is -1.42. The van der Waals surface area contributed by atoms with Gasteiger partial charge in [0.2, 0.25) is 0 Å². The van der Waals surface area contributed by atoms with Gasteiger partial charge in [-0.05, 0) is 24.1 Å². The number of methoxy groups -OCH3 is 1. The second-order valence-corrected chi connectivity index (χ2v) is 4.11. The van der Waals surface area contributed by atoms with Crippen LogP contribution in [0.1, 0.15) is 18.3 Å². The van der Waals surface area contributed by atoms with Crippen molar-refractivity contribution in [2.24, 2.45) is 0 Å². The van der Waals surface area contributed by atoms with Gasteiger partial charge in [0.15, 0.2) is 0 Å². The van der Waals surface area contributed by atoms with Gasteiger partial charge in [0.25, 0.3) is 0 Å². The van der Waals surface area contributed by atoms with Crippen molar-refractivity contribution in [1.29, 1.82) is 0 Å². The maximum absolute atomic E-state index is 5.38. The highest BCUT2D eigenvalue weighted by Gasteiger charge is 2.09. The Morgan fingerprint density at radius 1 is 1.41 bits per heavy atom. The molecule has 0 amide bonds. The van der Waals surface area contributed by atoms with E-state index in [0.29, 0.717) is 5.75 Å². The minimum atomic E-state index is 0.607. The first-order valence-corrected chi connectivity index (χ1v) is 6.23. The van der Waals surface area contributed by atoms with Gasteiger partial charge in [0.1, 0.15) is 11.6 Å². The highest BCUT2D eigenvalue weighted by Crippen LogP contribution is 2.30. The summed E-state index contributed by atoms with van der Waals surface area (Å²) in [6.07, 6.45) is 2.83. The van der Waals surface area contributed by atoms with Crippen molar-refractivity contribution in [3.05, 3.63) is 35.8 Å². The molecule has 2 aromatic rings. The molecule has 0 atom stereocenters. The zero-order chi connectivity index (χ0) is 12.3. The van der Waals surface area contributed by atoms with E-state index in [1.807, 2.05) is 12.3 Å². The number of hydrogen-bond acceptors (Lipinski definition) is 3. The summed E-state index contributed by atoms with van der Waals surface area (Å²) in [5.41, 5.74) is 3.30. The lowest BCUT2D eigenvalue weighted by Crippen LogP contribution is -1.91. The van der Waals surface area contributed by atoms with E-state index in [9.17, 15) is 0 Å². The smallest absolute Gasteiger partial charge is 0.128 e. The van der Waals surface area contributed by atoms with Crippen molar-refractivity contribution in [3.8, 4) is 17.0 Å². The van der Waals surface area contributed by atoms with E-state index >= 15 is 0 Å². The molecule has 0 spiro atoms. The molecule has 1 heterocycles. The molecule has 0 unspecified atom stereocenters. The molecule has 0 bridgehead atoms. The van der Waals surface area contributed by atoms with Crippen LogP contribution in [0.5, 0.6) is 5.75 Å². The van der Waals surface area contributed by atoms with Gasteiger partial charge in [0.05, 0.1) is 19.0 Å². The lowest BCUT2D eigenvalue weighted by molar-refractivity contribution is 0.416. The molecule has 1 aromatic heterocycles. The number of hydrogen-bond donors (Lipinski definition) is 2. The van der Waals surface area contributed by atoms with E-state index in [1.54, 1.807) is 7.11 Å². The van der Waals surface area contributed by atoms with Gasteiger partial charge in [-0.25, -0.2) is 4.98 Å². The molecule has 0 aliphatic rings. The molecule has 0 saturated heterocycles. The number of rotatable bonds is 4. The van der Waals surface area contributed by atoms with E-state index in [0.717, 1.165) is 29.3 Å². The molecule has 0 aliphatic heterocycles. The number of imidazole rings is 1. The normalized spacial score (nSPS) is 10.5. The van der Waals surface area contributed by atoms with Gasteiger partial charge in [-0.1, -0.05) is 13.0 Å². The van der Waals surface area contributed by atoms with E-state index in [1.165, 1.54) is 5.56 Å². The summed E-state index contributed by atoms with van der Waals surface area (Å²) in [5.74, 6) is 2.33. The Balaban J connectivity index is 2.47. The van der Waals surface area contributed by atoms with E-state index in [4.69, 9.17) is 4.74 Å². The Morgan fingerprint density at radius 3 is 2.82 bits per heavy atom. The summed E-state index contributed by atoms with van der Waals surface area (Å²) in [5, 5.41) is 0. The molecule has 1 N–H and O–H groups in total. The molecule has 17 heavy (non-hydrogen) atoms. The molecule has 0 saturated carbocycles. The summed E-state index contributed by atoms with van der Waals surface area (Å²) in [6, 6.07) is 6.21. The zero-order valence-electron chi connectivity index (χ0n) is 10.0. The number of nitrogens with one attached hydrogen (secondary N) is 1. The highest BCUT2D eigenvalue weighted by molar-refractivity contribution is 7.79. The summed E-state index contributed by atoms with van der Waals surface area (Å²) >= 11 is 4.20. The van der Waals surface area contributed by atoms with Crippen LogP contribution in [-0.2, 0) is 12.2 Å². The molecule has 0 aliphatic carbocycles. The predicted molar refractivity (Wildman–Crippen MR) is 72.6 cm³/mol. The van der Waals surface area contributed by atoms with Gasteiger partial charge in [-0.2, -0.15) is 12.6 Å². The quantitative estimate of drug-likeness (QED) is 0.816. The highest BCUT2D eigenvalue weighted by atomic mass is 32.1. The second-order valence-electron chi connectivity index (χ2n) is 3.79. The molecule has 4 heteroatoms. The molecule has 0 fully saturated rings. The first-order valence-electron chi connectivity index (χ1n) is 5.60. The predicted octanol–water partition coefficient (Wildman–Crippen LogP) is 3.08. The Kier molecular flexibility index (Phi) is 3.74. The second kappa shape index (κ2) is 5.27. The standard InChI is InChI=1S/C13H16N2OS/c1-3-9-4-5-12(16-2)10(6-9)11-7-14-13(8-17)15-11/h4-7,17H,3,8H2,1-2H3,(H,14,15). The monoisotopic (exact) mass is 248 g/mol. The van der Waals surface area contributed by atoms with Crippen LogP contribution in [0.3, 0.4) is 0 Å². The first-order chi connectivity index (χ1) is 8.28. The van der Waals surface area contributed by atoms with Gasteiger partial charge in [-0.3, -0.25) is 0 Å². The lowest BCUT2D eigenvalue weighted by Gasteiger charge is -2.08. The van der Waals surface area contributed by atoms with Crippen molar-refractivity contribution >= 4 is 12.6 Å². The average molecular weight is 248 g/mol. The maximum Gasteiger partial charge on any atom is 0.128 e. The van der Waals surface area contributed by atoms with Crippen LogP contribution in [0.25, 0.3) is 11.3 Å². The number of thiol groups is 1. The third kappa shape index (κ3) is 2.47. The van der Waals surface area contributed by atoms with Crippen LogP contribution < -0.4 is 4.74 Å². The van der Waals surface area contributed by atoms with Gasteiger partial charge in [-0.15, -0.1) is 0 Å². The third-order valence-electron chi connectivity index (χ3n) is 2.74. The van der Waals surface area contributed by atoms with E-state index in [2.05, 4.69) is 41.7 Å². The molecule has 3 nitrogen and oxygen atoms in total. The van der Waals surface area contributed by atoms with Crippen molar-refractivity contribution < 1.29 is 4.74 Å². The first kappa shape index (κ1) is 12.0. The SMILES string of the molecule is CCc1ccc(OC)c(-c2cnc(CS)[nH]2)c1. The van der Waals surface area contributed by atoms with Crippen molar-refractivity contribution in [2.75, 3.05) is 7.11 Å².